The van der Waals surface area contributed by atoms with E-state index in [1.807, 2.05) is 7.05 Å². The molecule has 0 saturated carbocycles. The maximum absolute atomic E-state index is 3.13. The molecule has 11 heavy (non-hydrogen) atoms. The second-order valence-corrected chi connectivity index (χ2v) is 2.84. The quantitative estimate of drug-likeness (QED) is 0.696. The zero-order valence-electron chi connectivity index (χ0n) is 7.22. The minimum atomic E-state index is 0. The van der Waals surface area contributed by atoms with E-state index in [0.717, 1.165) is 13.0 Å². The molecule has 0 aliphatic rings. The lowest BCUT2D eigenvalue weighted by Gasteiger charge is -2.00. The molecule has 1 aromatic rings. The first-order chi connectivity index (χ1) is 5.33. The smallest absolute Gasteiger partial charge is 0 e. The number of benzene rings is 1. The van der Waals surface area contributed by atoms with Gasteiger partial charge in [0, 0.05) is 1.43 Å². The van der Waals surface area contributed by atoms with Crippen molar-refractivity contribution in [1.82, 2.24) is 5.32 Å². The lowest BCUT2D eigenvalue weighted by molar-refractivity contribution is 0.791. The number of nitrogens with one attached hydrogen (secondary N) is 1. The first kappa shape index (κ1) is 8.28. The highest BCUT2D eigenvalue weighted by Crippen LogP contribution is 2.02. The van der Waals surface area contributed by atoms with E-state index in [0.29, 0.717) is 0 Å². The van der Waals surface area contributed by atoms with Crippen LogP contribution in [-0.4, -0.2) is 13.6 Å². The molecule has 0 aliphatic heterocycles. The number of hydrogen-bond acceptors (Lipinski definition) is 1. The fourth-order valence-corrected chi connectivity index (χ4v) is 1.02. The standard InChI is InChI=1S/C10H15N.H2/c1-9-3-5-10(6-4-9)7-8-11-2;/h3-6,11H,7-8H2,1-2H3;1H. The lowest BCUT2D eigenvalue weighted by Crippen LogP contribution is -2.10. The van der Waals surface area contributed by atoms with E-state index in [4.69, 9.17) is 0 Å². The number of aryl methyl sites for hydroxylation is 1. The van der Waals surface area contributed by atoms with Gasteiger partial charge in [0.1, 0.15) is 0 Å². The van der Waals surface area contributed by atoms with Gasteiger partial charge in [-0.2, -0.15) is 0 Å². The van der Waals surface area contributed by atoms with Crippen LogP contribution in [0, 0.1) is 6.92 Å². The molecular weight excluding hydrogens is 134 g/mol. The van der Waals surface area contributed by atoms with Gasteiger partial charge in [-0.1, -0.05) is 29.8 Å². The fourth-order valence-electron chi connectivity index (χ4n) is 1.02. The molecule has 1 aromatic carbocycles. The summed E-state index contributed by atoms with van der Waals surface area (Å²) in [5.74, 6) is 0. The average molecular weight is 151 g/mol. The van der Waals surface area contributed by atoms with Crippen molar-refractivity contribution >= 4 is 0 Å². The van der Waals surface area contributed by atoms with Crippen LogP contribution < -0.4 is 5.32 Å². The molecule has 1 nitrogen and oxygen atoms in total. The molecule has 0 spiro atoms. The van der Waals surface area contributed by atoms with E-state index in [1.54, 1.807) is 0 Å². The third-order valence-electron chi connectivity index (χ3n) is 1.78. The lowest BCUT2D eigenvalue weighted by atomic mass is 10.1. The normalized spacial score (nSPS) is 10.0. The van der Waals surface area contributed by atoms with Crippen molar-refractivity contribution < 1.29 is 1.43 Å². The Balaban J connectivity index is 0.00000121. The Kier molecular flexibility index (Phi) is 3.12. The summed E-state index contributed by atoms with van der Waals surface area (Å²) in [7, 11) is 1.98. The van der Waals surface area contributed by atoms with E-state index in [2.05, 4.69) is 36.5 Å². The number of hydrogen-bond donors (Lipinski definition) is 1. The second-order valence-electron chi connectivity index (χ2n) is 2.84. The van der Waals surface area contributed by atoms with Gasteiger partial charge in [-0.15, -0.1) is 0 Å². The Bertz CT molecular complexity index is 206. The van der Waals surface area contributed by atoms with Crippen LogP contribution in [-0.2, 0) is 6.42 Å². The Labute approximate surface area is 69.9 Å². The molecule has 0 aliphatic carbocycles. The second kappa shape index (κ2) is 4.14. The molecule has 0 atom stereocenters. The van der Waals surface area contributed by atoms with Crippen molar-refractivity contribution in [3.63, 3.8) is 0 Å². The summed E-state index contributed by atoms with van der Waals surface area (Å²) in [6.07, 6.45) is 1.12. The van der Waals surface area contributed by atoms with E-state index in [1.165, 1.54) is 11.1 Å². The molecule has 1 heteroatoms. The van der Waals surface area contributed by atoms with Crippen LogP contribution in [0.15, 0.2) is 24.3 Å². The summed E-state index contributed by atoms with van der Waals surface area (Å²) in [6, 6.07) is 8.69. The summed E-state index contributed by atoms with van der Waals surface area (Å²) in [5, 5.41) is 3.13. The van der Waals surface area contributed by atoms with Crippen LogP contribution in [0.2, 0.25) is 0 Å². The highest BCUT2D eigenvalue weighted by Gasteiger charge is 1.89. The first-order valence-corrected chi connectivity index (χ1v) is 4.03. The highest BCUT2D eigenvalue weighted by atomic mass is 14.8. The van der Waals surface area contributed by atoms with Crippen LogP contribution in [0.4, 0.5) is 0 Å². The van der Waals surface area contributed by atoms with Crippen molar-refractivity contribution in [2.75, 3.05) is 13.6 Å². The Morgan fingerprint density at radius 1 is 1.27 bits per heavy atom. The molecule has 0 amide bonds. The van der Waals surface area contributed by atoms with E-state index < -0.39 is 0 Å². The molecule has 62 valence electrons. The summed E-state index contributed by atoms with van der Waals surface area (Å²) in [4.78, 5) is 0. The number of likely N-dealkylation sites (N-methyl/N-ethyl adjacent to an activating group) is 1. The Hall–Kier alpha value is -0.820. The van der Waals surface area contributed by atoms with Crippen molar-refractivity contribution in [2.24, 2.45) is 0 Å². The molecule has 0 fully saturated rings. The minimum absolute atomic E-state index is 0. The van der Waals surface area contributed by atoms with Gasteiger partial charge in [0.05, 0.1) is 0 Å². The largest absolute Gasteiger partial charge is 0.319 e. The molecule has 0 unspecified atom stereocenters. The molecular formula is C10H17N. The molecule has 0 saturated heterocycles. The van der Waals surface area contributed by atoms with E-state index >= 15 is 0 Å². The van der Waals surface area contributed by atoms with E-state index in [9.17, 15) is 0 Å². The maximum atomic E-state index is 3.13. The maximum Gasteiger partial charge on any atom is 0 e. The fraction of sp³-hybridized carbons (Fsp3) is 0.400. The topological polar surface area (TPSA) is 12.0 Å². The van der Waals surface area contributed by atoms with E-state index in [-0.39, 0.29) is 1.43 Å². The van der Waals surface area contributed by atoms with Crippen molar-refractivity contribution in [2.45, 2.75) is 13.3 Å². The SMILES string of the molecule is CNCCc1ccc(C)cc1.[HH]. The average Bonchev–Trinajstić information content (AvgIpc) is 2.04. The first-order valence-electron chi connectivity index (χ1n) is 4.03. The zero-order valence-corrected chi connectivity index (χ0v) is 7.22. The monoisotopic (exact) mass is 151 g/mol. The van der Waals surface area contributed by atoms with Gasteiger partial charge in [-0.25, -0.2) is 0 Å². The molecule has 0 heterocycles. The van der Waals surface area contributed by atoms with Gasteiger partial charge in [0.2, 0.25) is 0 Å². The summed E-state index contributed by atoms with van der Waals surface area (Å²) >= 11 is 0. The van der Waals surface area contributed by atoms with Crippen molar-refractivity contribution in [3.05, 3.63) is 35.4 Å². The minimum Gasteiger partial charge on any atom is -0.319 e. The van der Waals surface area contributed by atoms with Gasteiger partial charge < -0.3 is 5.32 Å². The zero-order chi connectivity index (χ0) is 8.10. The summed E-state index contributed by atoms with van der Waals surface area (Å²) in [5.41, 5.74) is 2.74. The molecule has 0 bridgehead atoms. The van der Waals surface area contributed by atoms with Crippen molar-refractivity contribution in [1.29, 1.82) is 0 Å². The molecule has 1 N–H and O–H groups in total. The van der Waals surface area contributed by atoms with Gasteiger partial charge in [0.25, 0.3) is 0 Å². The molecule has 0 aromatic heterocycles. The Morgan fingerprint density at radius 2 is 1.91 bits per heavy atom. The number of rotatable bonds is 3. The third kappa shape index (κ3) is 2.72. The van der Waals surface area contributed by atoms with Crippen LogP contribution >= 0.6 is 0 Å². The van der Waals surface area contributed by atoms with Gasteiger partial charge >= 0.3 is 0 Å². The van der Waals surface area contributed by atoms with Crippen LogP contribution in [0.25, 0.3) is 0 Å². The molecule has 1 rings (SSSR count). The molecule has 0 radical (unpaired) electrons. The third-order valence-corrected chi connectivity index (χ3v) is 1.78. The van der Waals surface area contributed by atoms with Gasteiger partial charge in [-0.3, -0.25) is 0 Å². The summed E-state index contributed by atoms with van der Waals surface area (Å²) < 4.78 is 0. The highest BCUT2D eigenvalue weighted by molar-refractivity contribution is 5.21. The van der Waals surface area contributed by atoms with Crippen molar-refractivity contribution in [3.8, 4) is 0 Å². The predicted octanol–water partition coefficient (Wildman–Crippen LogP) is 2.00. The van der Waals surface area contributed by atoms with Gasteiger partial charge in [0.15, 0.2) is 0 Å². The van der Waals surface area contributed by atoms with Gasteiger partial charge in [-0.05, 0) is 32.5 Å². The van der Waals surface area contributed by atoms with Crippen LogP contribution in [0.1, 0.15) is 12.6 Å². The van der Waals surface area contributed by atoms with Crippen LogP contribution in [0.3, 0.4) is 0 Å². The Morgan fingerprint density at radius 3 is 2.45 bits per heavy atom. The summed E-state index contributed by atoms with van der Waals surface area (Å²) in [6.45, 7) is 3.17. The van der Waals surface area contributed by atoms with Crippen LogP contribution in [0.5, 0.6) is 0 Å². The predicted molar refractivity (Wildman–Crippen MR) is 50.9 cm³/mol.